The molecule has 0 saturated carbocycles. The van der Waals surface area contributed by atoms with Gasteiger partial charge in [0.2, 0.25) is 5.88 Å². The Bertz CT molecular complexity index is 443. The quantitative estimate of drug-likeness (QED) is 0.446. The maximum atomic E-state index is 7.48. The van der Waals surface area contributed by atoms with Crippen LogP contribution in [-0.2, 0) is 0 Å². The van der Waals surface area contributed by atoms with Gasteiger partial charge in [0, 0.05) is 38.9 Å². The molecular weight excluding hydrogens is 254 g/mol. The minimum absolute atomic E-state index is 0.00725. The second kappa shape index (κ2) is 7.21. The molecule has 0 unspecified atom stereocenters. The fourth-order valence-corrected chi connectivity index (χ4v) is 2.24. The van der Waals surface area contributed by atoms with Gasteiger partial charge in [0.25, 0.3) is 0 Å². The van der Waals surface area contributed by atoms with E-state index >= 15 is 0 Å². The van der Waals surface area contributed by atoms with Crippen molar-refractivity contribution >= 4 is 5.84 Å². The van der Waals surface area contributed by atoms with E-state index in [0.29, 0.717) is 18.1 Å². The highest BCUT2D eigenvalue weighted by molar-refractivity contribution is 5.96. The fourth-order valence-electron chi connectivity index (χ4n) is 2.24. The first-order valence-corrected chi connectivity index (χ1v) is 7.00. The lowest BCUT2D eigenvalue weighted by molar-refractivity contribution is 0.145. The summed E-state index contributed by atoms with van der Waals surface area (Å²) in [6, 6.07) is 3.51. The van der Waals surface area contributed by atoms with Crippen LogP contribution in [-0.4, -0.2) is 67.0 Å². The number of hydrogen-bond acceptors (Lipinski definition) is 5. The van der Waals surface area contributed by atoms with Crippen LogP contribution in [0.1, 0.15) is 12.0 Å². The van der Waals surface area contributed by atoms with Crippen molar-refractivity contribution in [2.45, 2.75) is 6.42 Å². The molecule has 2 rings (SSSR count). The highest BCUT2D eigenvalue weighted by atomic mass is 16.5. The summed E-state index contributed by atoms with van der Waals surface area (Å²) >= 11 is 0. The van der Waals surface area contributed by atoms with Gasteiger partial charge in [-0.1, -0.05) is 0 Å². The summed E-state index contributed by atoms with van der Waals surface area (Å²) in [5, 5.41) is 7.48. The molecule has 0 aliphatic carbocycles. The number of nitrogen functional groups attached to an aromatic ring is 1. The number of hydrogen-bond donors (Lipinski definition) is 2. The lowest BCUT2D eigenvalue weighted by Crippen LogP contribution is -2.44. The molecule has 6 nitrogen and oxygen atoms in total. The van der Waals surface area contributed by atoms with Crippen LogP contribution >= 0.6 is 0 Å². The summed E-state index contributed by atoms with van der Waals surface area (Å²) in [5.41, 5.74) is 6.06. The van der Waals surface area contributed by atoms with E-state index < -0.39 is 0 Å². The molecule has 1 fully saturated rings. The van der Waals surface area contributed by atoms with Gasteiger partial charge >= 0.3 is 0 Å². The lowest BCUT2D eigenvalue weighted by atomic mass is 10.2. The average molecular weight is 277 g/mol. The van der Waals surface area contributed by atoms with Crippen LogP contribution < -0.4 is 10.5 Å². The normalized spacial score (nSPS) is 17.1. The van der Waals surface area contributed by atoms with Crippen molar-refractivity contribution < 1.29 is 4.74 Å². The van der Waals surface area contributed by atoms with Crippen molar-refractivity contribution in [2.75, 3.05) is 46.4 Å². The minimum Gasteiger partial charge on any atom is -0.477 e. The van der Waals surface area contributed by atoms with Crippen molar-refractivity contribution in [2.24, 2.45) is 5.73 Å². The van der Waals surface area contributed by atoms with Crippen molar-refractivity contribution in [3.63, 3.8) is 0 Å². The molecule has 0 aromatic carbocycles. The Kier molecular flexibility index (Phi) is 5.31. The molecule has 110 valence electrons. The Morgan fingerprint density at radius 2 is 2.15 bits per heavy atom. The molecule has 3 N–H and O–H groups in total. The number of aromatic nitrogens is 1. The number of nitrogens with zero attached hydrogens (tertiary/aromatic N) is 3. The van der Waals surface area contributed by atoms with E-state index in [1.165, 1.54) is 0 Å². The number of rotatable bonds is 6. The number of ether oxygens (including phenoxy) is 1. The molecule has 0 atom stereocenters. The zero-order chi connectivity index (χ0) is 14.4. The molecule has 6 heteroatoms. The van der Waals surface area contributed by atoms with Crippen LogP contribution in [0.2, 0.25) is 0 Å². The van der Waals surface area contributed by atoms with Crippen molar-refractivity contribution in [1.82, 2.24) is 14.8 Å². The number of amidine groups is 1. The van der Waals surface area contributed by atoms with Crippen molar-refractivity contribution in [1.29, 1.82) is 5.41 Å². The summed E-state index contributed by atoms with van der Waals surface area (Å²) in [4.78, 5) is 8.93. The maximum Gasteiger partial charge on any atom is 0.224 e. The Morgan fingerprint density at radius 3 is 2.85 bits per heavy atom. The SMILES string of the molecule is CN1CCN(CCCOc2ncccc2C(=N)N)CC1. The number of nitrogens with one attached hydrogen (secondary N) is 1. The molecule has 1 aliphatic rings. The zero-order valence-electron chi connectivity index (χ0n) is 12.0. The maximum absolute atomic E-state index is 7.48. The van der Waals surface area contributed by atoms with Gasteiger partial charge in [-0.05, 0) is 25.6 Å². The van der Waals surface area contributed by atoms with E-state index in [9.17, 15) is 0 Å². The Labute approximate surface area is 120 Å². The summed E-state index contributed by atoms with van der Waals surface area (Å²) in [7, 11) is 2.16. The van der Waals surface area contributed by atoms with Gasteiger partial charge in [-0.15, -0.1) is 0 Å². The van der Waals surface area contributed by atoms with E-state index in [2.05, 4.69) is 21.8 Å². The largest absolute Gasteiger partial charge is 0.477 e. The predicted octanol–water partition coefficient (Wildman–Crippen LogP) is 0.382. The average Bonchev–Trinajstić information content (AvgIpc) is 2.46. The van der Waals surface area contributed by atoms with Crippen LogP contribution in [0.5, 0.6) is 5.88 Å². The second-order valence-corrected chi connectivity index (χ2v) is 5.12. The standard InChI is InChI=1S/C14H23N5O/c1-18-7-9-19(10-8-18)6-3-11-20-14-12(13(15)16)4-2-5-17-14/h2,4-5H,3,6-11H2,1H3,(H3,15,16). The van der Waals surface area contributed by atoms with E-state index in [4.69, 9.17) is 15.9 Å². The van der Waals surface area contributed by atoms with Gasteiger partial charge in [-0.3, -0.25) is 5.41 Å². The molecule has 1 aliphatic heterocycles. The molecule has 0 amide bonds. The Hall–Kier alpha value is -1.66. The summed E-state index contributed by atoms with van der Waals surface area (Å²) < 4.78 is 5.64. The molecule has 20 heavy (non-hydrogen) atoms. The molecule has 0 radical (unpaired) electrons. The van der Waals surface area contributed by atoms with E-state index in [0.717, 1.165) is 39.1 Å². The van der Waals surface area contributed by atoms with Gasteiger partial charge in [0.15, 0.2) is 0 Å². The first-order valence-electron chi connectivity index (χ1n) is 7.00. The van der Waals surface area contributed by atoms with Crippen LogP contribution in [0.4, 0.5) is 0 Å². The van der Waals surface area contributed by atoms with E-state index in [-0.39, 0.29) is 5.84 Å². The Morgan fingerprint density at radius 1 is 1.40 bits per heavy atom. The van der Waals surface area contributed by atoms with E-state index in [1.807, 2.05) is 0 Å². The van der Waals surface area contributed by atoms with E-state index in [1.54, 1.807) is 18.3 Å². The van der Waals surface area contributed by atoms with Gasteiger partial charge in [0.1, 0.15) is 5.84 Å². The number of pyridine rings is 1. The monoisotopic (exact) mass is 277 g/mol. The molecule has 0 spiro atoms. The van der Waals surface area contributed by atoms with Gasteiger partial charge < -0.3 is 20.3 Å². The third kappa shape index (κ3) is 4.18. The third-order valence-corrected chi connectivity index (χ3v) is 3.51. The van der Waals surface area contributed by atoms with Gasteiger partial charge in [-0.25, -0.2) is 4.98 Å². The number of nitrogens with two attached hydrogens (primary N) is 1. The molecule has 2 heterocycles. The highest BCUT2D eigenvalue weighted by Gasteiger charge is 2.13. The lowest BCUT2D eigenvalue weighted by Gasteiger charge is -2.32. The summed E-state index contributed by atoms with van der Waals surface area (Å²) in [6.45, 7) is 6.16. The molecule has 1 aromatic rings. The van der Waals surface area contributed by atoms with Crippen molar-refractivity contribution in [3.8, 4) is 5.88 Å². The predicted molar refractivity (Wildman–Crippen MR) is 79.3 cm³/mol. The summed E-state index contributed by atoms with van der Waals surface area (Å²) in [6.07, 6.45) is 2.61. The number of likely N-dealkylation sites (N-methyl/N-ethyl adjacent to an activating group) is 1. The third-order valence-electron chi connectivity index (χ3n) is 3.51. The van der Waals surface area contributed by atoms with Crippen LogP contribution in [0, 0.1) is 5.41 Å². The van der Waals surface area contributed by atoms with Crippen LogP contribution in [0.3, 0.4) is 0 Å². The first-order chi connectivity index (χ1) is 9.66. The minimum atomic E-state index is -0.00725. The highest BCUT2D eigenvalue weighted by Crippen LogP contribution is 2.13. The topological polar surface area (TPSA) is 78.5 Å². The zero-order valence-corrected chi connectivity index (χ0v) is 12.0. The fraction of sp³-hybridized carbons (Fsp3) is 0.571. The van der Waals surface area contributed by atoms with Gasteiger partial charge in [0.05, 0.1) is 12.2 Å². The van der Waals surface area contributed by atoms with Gasteiger partial charge in [-0.2, -0.15) is 0 Å². The molecule has 1 aromatic heterocycles. The van der Waals surface area contributed by atoms with Crippen molar-refractivity contribution in [3.05, 3.63) is 23.9 Å². The van der Waals surface area contributed by atoms with Crippen LogP contribution in [0.15, 0.2) is 18.3 Å². The molecular formula is C14H23N5O. The summed E-state index contributed by atoms with van der Waals surface area (Å²) in [5.74, 6) is 0.450. The molecule has 0 bridgehead atoms. The first kappa shape index (κ1) is 14.7. The smallest absolute Gasteiger partial charge is 0.224 e. The van der Waals surface area contributed by atoms with Crippen LogP contribution in [0.25, 0.3) is 0 Å². The second-order valence-electron chi connectivity index (χ2n) is 5.12. The Balaban J connectivity index is 1.72. The molecule has 1 saturated heterocycles. The number of piperazine rings is 1.